The van der Waals surface area contributed by atoms with Gasteiger partial charge in [-0.25, -0.2) is 0 Å². The van der Waals surface area contributed by atoms with E-state index in [4.69, 9.17) is 9.47 Å². The molecule has 1 aromatic rings. The average Bonchev–Trinajstić information content (AvgIpc) is 2.82. The van der Waals surface area contributed by atoms with Crippen LogP contribution in [0.2, 0.25) is 0 Å². The van der Waals surface area contributed by atoms with Gasteiger partial charge in [-0.3, -0.25) is 0 Å². The van der Waals surface area contributed by atoms with Gasteiger partial charge in [0.25, 0.3) is 0 Å². The van der Waals surface area contributed by atoms with Gasteiger partial charge in [-0.1, -0.05) is 25.1 Å². The molecule has 0 saturated carbocycles. The quantitative estimate of drug-likeness (QED) is 0.868. The first-order valence-corrected chi connectivity index (χ1v) is 6.67. The number of para-hydroxylation sites is 1. The van der Waals surface area contributed by atoms with Crippen molar-refractivity contribution < 1.29 is 9.47 Å². The Hall–Kier alpha value is -1.06. The first-order chi connectivity index (χ1) is 8.76. The average molecular weight is 249 g/mol. The van der Waals surface area contributed by atoms with Crippen LogP contribution in [-0.2, 0) is 11.2 Å². The lowest BCUT2D eigenvalue weighted by Crippen LogP contribution is -2.42. The number of hydrogen-bond donors (Lipinski definition) is 1. The summed E-state index contributed by atoms with van der Waals surface area (Å²) in [4.78, 5) is 0. The molecule has 2 rings (SSSR count). The predicted molar refractivity (Wildman–Crippen MR) is 73.1 cm³/mol. The first kappa shape index (κ1) is 13.4. The lowest BCUT2D eigenvalue weighted by Gasteiger charge is -2.26. The summed E-state index contributed by atoms with van der Waals surface area (Å²) in [6.07, 6.45) is 2.41. The van der Waals surface area contributed by atoms with Gasteiger partial charge in [0, 0.05) is 12.6 Å². The molecule has 0 aromatic heterocycles. The lowest BCUT2D eigenvalue weighted by atomic mass is 9.93. The summed E-state index contributed by atoms with van der Waals surface area (Å²) < 4.78 is 11.3. The fraction of sp³-hybridized carbons (Fsp3) is 0.600. The van der Waals surface area contributed by atoms with Gasteiger partial charge in [0.1, 0.15) is 5.75 Å². The molecule has 0 amide bonds. The second kappa shape index (κ2) is 6.21. The molecule has 3 atom stereocenters. The maximum atomic E-state index is 5.86. The second-order valence-corrected chi connectivity index (χ2v) is 5.01. The molecular formula is C15H23NO2. The lowest BCUT2D eigenvalue weighted by molar-refractivity contribution is 0.0632. The third-order valence-corrected chi connectivity index (χ3v) is 3.84. The molecule has 1 saturated heterocycles. The van der Waals surface area contributed by atoms with Crippen LogP contribution >= 0.6 is 0 Å². The van der Waals surface area contributed by atoms with Crippen LogP contribution < -0.4 is 10.1 Å². The van der Waals surface area contributed by atoms with Crippen molar-refractivity contribution in [3.8, 4) is 5.75 Å². The topological polar surface area (TPSA) is 30.5 Å². The van der Waals surface area contributed by atoms with Crippen molar-refractivity contribution >= 4 is 0 Å². The van der Waals surface area contributed by atoms with E-state index in [9.17, 15) is 0 Å². The number of nitrogens with one attached hydrogen (secondary N) is 1. The Labute approximate surface area is 109 Å². The molecule has 0 aliphatic carbocycles. The minimum atomic E-state index is 0.305. The molecule has 100 valence electrons. The molecule has 3 heteroatoms. The summed E-state index contributed by atoms with van der Waals surface area (Å²) >= 11 is 0. The summed E-state index contributed by atoms with van der Waals surface area (Å²) in [5.41, 5.74) is 1.24. The van der Waals surface area contributed by atoms with Gasteiger partial charge in [-0.15, -0.1) is 0 Å². The van der Waals surface area contributed by atoms with Gasteiger partial charge in [0.2, 0.25) is 0 Å². The molecule has 1 aliphatic rings. The summed E-state index contributed by atoms with van der Waals surface area (Å²) in [5.74, 6) is 1.58. The molecule has 3 nitrogen and oxygen atoms in total. The number of methoxy groups -OCH3 is 1. The van der Waals surface area contributed by atoms with Crippen LogP contribution in [-0.4, -0.2) is 32.9 Å². The molecule has 1 aliphatic heterocycles. The van der Waals surface area contributed by atoms with Crippen LogP contribution in [0.4, 0.5) is 0 Å². The van der Waals surface area contributed by atoms with E-state index < -0.39 is 0 Å². The van der Waals surface area contributed by atoms with E-state index in [1.807, 2.05) is 19.2 Å². The van der Waals surface area contributed by atoms with E-state index in [1.54, 1.807) is 7.11 Å². The molecule has 18 heavy (non-hydrogen) atoms. The van der Waals surface area contributed by atoms with Crippen molar-refractivity contribution in [1.82, 2.24) is 5.32 Å². The summed E-state index contributed by atoms with van der Waals surface area (Å²) in [6.45, 7) is 3.15. The van der Waals surface area contributed by atoms with E-state index in [2.05, 4.69) is 24.4 Å². The molecule has 1 N–H and O–H groups in total. The highest BCUT2D eigenvalue weighted by Gasteiger charge is 2.31. The smallest absolute Gasteiger partial charge is 0.122 e. The minimum absolute atomic E-state index is 0.305. The highest BCUT2D eigenvalue weighted by Crippen LogP contribution is 2.27. The molecule has 3 unspecified atom stereocenters. The van der Waals surface area contributed by atoms with Gasteiger partial charge < -0.3 is 14.8 Å². The first-order valence-electron chi connectivity index (χ1n) is 6.67. The summed E-state index contributed by atoms with van der Waals surface area (Å²) in [7, 11) is 3.73. The molecule has 0 radical (unpaired) electrons. The molecule has 1 aromatic carbocycles. The molecule has 1 heterocycles. The molecule has 1 fully saturated rings. The zero-order valence-corrected chi connectivity index (χ0v) is 11.5. The van der Waals surface area contributed by atoms with Gasteiger partial charge in [0.05, 0.1) is 13.2 Å². The van der Waals surface area contributed by atoms with E-state index in [-0.39, 0.29) is 0 Å². The fourth-order valence-electron chi connectivity index (χ4n) is 2.72. The normalized spacial score (nSPS) is 25.1. The standard InChI is InChI=1S/C15H23NO2/c1-11-8-9-18-15(11)13(16-2)10-12-6-4-5-7-14(12)17-3/h4-7,11,13,15-16H,8-10H2,1-3H3. The number of ether oxygens (including phenoxy) is 2. The Morgan fingerprint density at radius 1 is 1.44 bits per heavy atom. The van der Waals surface area contributed by atoms with E-state index in [0.717, 1.165) is 25.2 Å². The van der Waals surface area contributed by atoms with E-state index >= 15 is 0 Å². The number of rotatable bonds is 5. The van der Waals surface area contributed by atoms with Crippen molar-refractivity contribution in [2.45, 2.75) is 31.9 Å². The maximum absolute atomic E-state index is 5.86. The SMILES string of the molecule is CNC(Cc1ccccc1OC)C1OCCC1C. The van der Waals surface area contributed by atoms with Crippen LogP contribution in [0.1, 0.15) is 18.9 Å². The van der Waals surface area contributed by atoms with Crippen LogP contribution in [0.25, 0.3) is 0 Å². The monoisotopic (exact) mass is 249 g/mol. The molecular weight excluding hydrogens is 226 g/mol. The summed E-state index contributed by atoms with van der Waals surface area (Å²) in [6, 6.07) is 8.55. The van der Waals surface area contributed by atoms with Crippen molar-refractivity contribution in [3.63, 3.8) is 0 Å². The highest BCUT2D eigenvalue weighted by atomic mass is 16.5. The Morgan fingerprint density at radius 2 is 2.22 bits per heavy atom. The Morgan fingerprint density at radius 3 is 2.83 bits per heavy atom. The van der Waals surface area contributed by atoms with Gasteiger partial charge in [-0.2, -0.15) is 0 Å². The zero-order valence-electron chi connectivity index (χ0n) is 11.5. The predicted octanol–water partition coefficient (Wildman–Crippen LogP) is 2.25. The fourth-order valence-corrected chi connectivity index (χ4v) is 2.72. The molecule has 0 spiro atoms. The van der Waals surface area contributed by atoms with Crippen LogP contribution in [0.15, 0.2) is 24.3 Å². The van der Waals surface area contributed by atoms with Crippen molar-refractivity contribution in [3.05, 3.63) is 29.8 Å². The Bertz CT molecular complexity index is 381. The van der Waals surface area contributed by atoms with Crippen LogP contribution in [0, 0.1) is 5.92 Å². The Balaban J connectivity index is 2.10. The second-order valence-electron chi connectivity index (χ2n) is 5.01. The van der Waals surface area contributed by atoms with Gasteiger partial charge >= 0.3 is 0 Å². The maximum Gasteiger partial charge on any atom is 0.122 e. The number of likely N-dealkylation sites (N-methyl/N-ethyl adjacent to an activating group) is 1. The third kappa shape index (κ3) is 2.85. The van der Waals surface area contributed by atoms with Crippen LogP contribution in [0.5, 0.6) is 5.75 Å². The van der Waals surface area contributed by atoms with Crippen molar-refractivity contribution in [2.24, 2.45) is 5.92 Å². The van der Waals surface area contributed by atoms with Crippen LogP contribution in [0.3, 0.4) is 0 Å². The minimum Gasteiger partial charge on any atom is -0.496 e. The van der Waals surface area contributed by atoms with Gasteiger partial charge in [-0.05, 0) is 37.4 Å². The highest BCUT2D eigenvalue weighted by molar-refractivity contribution is 5.34. The van der Waals surface area contributed by atoms with Crippen molar-refractivity contribution in [2.75, 3.05) is 20.8 Å². The van der Waals surface area contributed by atoms with Gasteiger partial charge in [0.15, 0.2) is 0 Å². The number of hydrogen-bond acceptors (Lipinski definition) is 3. The molecule has 0 bridgehead atoms. The third-order valence-electron chi connectivity index (χ3n) is 3.84. The van der Waals surface area contributed by atoms with E-state index in [1.165, 1.54) is 5.56 Å². The zero-order chi connectivity index (χ0) is 13.0. The van der Waals surface area contributed by atoms with E-state index in [0.29, 0.717) is 18.1 Å². The van der Waals surface area contributed by atoms with Crippen molar-refractivity contribution in [1.29, 1.82) is 0 Å². The summed E-state index contributed by atoms with van der Waals surface area (Å²) in [5, 5.41) is 3.39. The largest absolute Gasteiger partial charge is 0.496 e. The Kier molecular flexibility index (Phi) is 4.61. The number of benzene rings is 1.